The van der Waals surface area contributed by atoms with Gasteiger partial charge in [-0.1, -0.05) is 0 Å². The van der Waals surface area contributed by atoms with E-state index in [2.05, 4.69) is 48.1 Å². The van der Waals surface area contributed by atoms with Gasteiger partial charge in [-0.15, -0.1) is 0 Å². The second-order valence-corrected chi connectivity index (χ2v) is 5.06. The predicted octanol–water partition coefficient (Wildman–Crippen LogP) is 2.57. The minimum Gasteiger partial charge on any atom is -0.354 e. The second-order valence-electron chi connectivity index (χ2n) is 5.06. The van der Waals surface area contributed by atoms with Crippen LogP contribution in [0.5, 0.6) is 0 Å². The molecule has 0 aromatic carbocycles. The lowest BCUT2D eigenvalue weighted by Gasteiger charge is -2.26. The molecule has 0 atom stereocenters. The largest absolute Gasteiger partial charge is 0.354 e. The van der Waals surface area contributed by atoms with Crippen molar-refractivity contribution in [2.45, 2.75) is 52.2 Å². The van der Waals surface area contributed by atoms with Crippen molar-refractivity contribution in [1.29, 1.82) is 0 Å². The van der Waals surface area contributed by atoms with Gasteiger partial charge in [-0.2, -0.15) is 0 Å². The zero-order chi connectivity index (χ0) is 12.3. The molecule has 0 spiro atoms. The lowest BCUT2D eigenvalue weighted by atomic mass is 10.2. The summed E-state index contributed by atoms with van der Waals surface area (Å²) in [7, 11) is 0. The topological polar surface area (TPSA) is 28.2 Å². The standard InChI is InChI=1S/C14H23N3/c1-4-17(11(2)3)14-9-12(7-8-15-14)10-16-13-5-6-13/h7-9,11,13,16H,4-6,10H2,1-3H3. The molecular weight excluding hydrogens is 210 g/mol. The van der Waals surface area contributed by atoms with Crippen molar-refractivity contribution in [2.75, 3.05) is 11.4 Å². The molecule has 0 bridgehead atoms. The van der Waals surface area contributed by atoms with Gasteiger partial charge >= 0.3 is 0 Å². The van der Waals surface area contributed by atoms with Gasteiger partial charge in [0.25, 0.3) is 0 Å². The van der Waals surface area contributed by atoms with E-state index in [4.69, 9.17) is 0 Å². The van der Waals surface area contributed by atoms with Crippen LogP contribution in [0.4, 0.5) is 5.82 Å². The average Bonchev–Trinajstić information content (AvgIpc) is 3.11. The number of rotatable bonds is 6. The minimum atomic E-state index is 0.499. The van der Waals surface area contributed by atoms with Crippen LogP contribution in [-0.2, 0) is 6.54 Å². The Kier molecular flexibility index (Phi) is 4.00. The lowest BCUT2D eigenvalue weighted by Crippen LogP contribution is -2.31. The maximum Gasteiger partial charge on any atom is 0.129 e. The molecular formula is C14H23N3. The first-order valence-electron chi connectivity index (χ1n) is 6.65. The number of anilines is 1. The summed E-state index contributed by atoms with van der Waals surface area (Å²) >= 11 is 0. The number of hydrogen-bond donors (Lipinski definition) is 1. The third-order valence-electron chi connectivity index (χ3n) is 3.24. The minimum absolute atomic E-state index is 0.499. The van der Waals surface area contributed by atoms with Crippen molar-refractivity contribution in [1.82, 2.24) is 10.3 Å². The number of nitrogens with zero attached hydrogens (tertiary/aromatic N) is 2. The van der Waals surface area contributed by atoms with Crippen molar-refractivity contribution >= 4 is 5.82 Å². The van der Waals surface area contributed by atoms with E-state index < -0.39 is 0 Å². The van der Waals surface area contributed by atoms with Crippen molar-refractivity contribution in [3.63, 3.8) is 0 Å². The van der Waals surface area contributed by atoms with Crippen molar-refractivity contribution in [3.8, 4) is 0 Å². The summed E-state index contributed by atoms with van der Waals surface area (Å²) in [4.78, 5) is 6.79. The smallest absolute Gasteiger partial charge is 0.129 e. The summed E-state index contributed by atoms with van der Waals surface area (Å²) < 4.78 is 0. The highest BCUT2D eigenvalue weighted by Gasteiger charge is 2.20. The van der Waals surface area contributed by atoms with Crippen LogP contribution >= 0.6 is 0 Å². The average molecular weight is 233 g/mol. The van der Waals surface area contributed by atoms with Crippen molar-refractivity contribution in [2.24, 2.45) is 0 Å². The molecule has 1 aromatic heterocycles. The number of pyridine rings is 1. The quantitative estimate of drug-likeness (QED) is 0.818. The van der Waals surface area contributed by atoms with Gasteiger partial charge in [-0.25, -0.2) is 4.98 Å². The molecule has 0 unspecified atom stereocenters. The first-order chi connectivity index (χ1) is 8.20. The molecule has 2 rings (SSSR count). The molecule has 0 radical (unpaired) electrons. The molecule has 0 saturated heterocycles. The maximum absolute atomic E-state index is 4.47. The van der Waals surface area contributed by atoms with E-state index >= 15 is 0 Å². The Morgan fingerprint density at radius 2 is 2.24 bits per heavy atom. The van der Waals surface area contributed by atoms with E-state index in [1.165, 1.54) is 18.4 Å². The Morgan fingerprint density at radius 1 is 1.47 bits per heavy atom. The fraction of sp³-hybridized carbons (Fsp3) is 0.643. The Morgan fingerprint density at radius 3 is 2.82 bits per heavy atom. The molecule has 1 aromatic rings. The van der Waals surface area contributed by atoms with Crippen LogP contribution in [0.2, 0.25) is 0 Å². The molecule has 3 heteroatoms. The molecule has 0 aliphatic heterocycles. The summed E-state index contributed by atoms with van der Waals surface area (Å²) in [5.74, 6) is 1.09. The van der Waals surface area contributed by atoms with E-state index in [1.54, 1.807) is 0 Å². The first kappa shape index (κ1) is 12.4. The molecule has 1 N–H and O–H groups in total. The van der Waals surface area contributed by atoms with Gasteiger partial charge in [0.15, 0.2) is 0 Å². The van der Waals surface area contributed by atoms with Gasteiger partial charge in [0.05, 0.1) is 0 Å². The van der Waals surface area contributed by atoms with Gasteiger partial charge in [0.2, 0.25) is 0 Å². The Labute approximate surface area is 104 Å². The third kappa shape index (κ3) is 3.43. The van der Waals surface area contributed by atoms with E-state index in [0.29, 0.717) is 6.04 Å². The number of nitrogens with one attached hydrogen (secondary N) is 1. The molecule has 1 saturated carbocycles. The number of hydrogen-bond acceptors (Lipinski definition) is 3. The van der Waals surface area contributed by atoms with E-state index in [9.17, 15) is 0 Å². The Hall–Kier alpha value is -1.09. The van der Waals surface area contributed by atoms with Crippen LogP contribution in [0, 0.1) is 0 Å². The summed E-state index contributed by atoms with van der Waals surface area (Å²) in [6.45, 7) is 8.57. The van der Waals surface area contributed by atoms with Crippen LogP contribution in [0.1, 0.15) is 39.2 Å². The van der Waals surface area contributed by atoms with Gasteiger partial charge in [0, 0.05) is 31.4 Å². The Bertz CT molecular complexity index is 358. The highest BCUT2D eigenvalue weighted by atomic mass is 15.2. The lowest BCUT2D eigenvalue weighted by molar-refractivity contribution is 0.677. The molecule has 1 heterocycles. The van der Waals surface area contributed by atoms with Gasteiger partial charge < -0.3 is 10.2 Å². The fourth-order valence-corrected chi connectivity index (χ4v) is 2.07. The van der Waals surface area contributed by atoms with Crippen LogP contribution in [-0.4, -0.2) is 23.6 Å². The molecule has 1 aliphatic carbocycles. The molecule has 94 valence electrons. The van der Waals surface area contributed by atoms with Crippen LogP contribution < -0.4 is 10.2 Å². The highest BCUT2D eigenvalue weighted by molar-refractivity contribution is 5.41. The van der Waals surface area contributed by atoms with Crippen molar-refractivity contribution in [3.05, 3.63) is 23.9 Å². The summed E-state index contributed by atoms with van der Waals surface area (Å²) in [6, 6.07) is 5.57. The van der Waals surface area contributed by atoms with Gasteiger partial charge in [-0.3, -0.25) is 0 Å². The summed E-state index contributed by atoms with van der Waals surface area (Å²) in [5.41, 5.74) is 1.33. The number of aromatic nitrogens is 1. The molecule has 17 heavy (non-hydrogen) atoms. The zero-order valence-corrected chi connectivity index (χ0v) is 11.1. The Balaban J connectivity index is 2.03. The maximum atomic E-state index is 4.47. The van der Waals surface area contributed by atoms with E-state index in [0.717, 1.165) is 24.9 Å². The van der Waals surface area contributed by atoms with Gasteiger partial charge in [-0.05, 0) is 51.3 Å². The second kappa shape index (κ2) is 5.50. The van der Waals surface area contributed by atoms with Crippen molar-refractivity contribution < 1.29 is 0 Å². The summed E-state index contributed by atoms with van der Waals surface area (Å²) in [6.07, 6.45) is 4.60. The van der Waals surface area contributed by atoms with Crippen LogP contribution in [0.25, 0.3) is 0 Å². The first-order valence-corrected chi connectivity index (χ1v) is 6.65. The van der Waals surface area contributed by atoms with Gasteiger partial charge in [0.1, 0.15) is 5.82 Å². The molecule has 3 nitrogen and oxygen atoms in total. The SMILES string of the molecule is CCN(c1cc(CNC2CC2)ccn1)C(C)C. The zero-order valence-electron chi connectivity index (χ0n) is 11.1. The van der Waals surface area contributed by atoms with E-state index in [1.807, 2.05) is 6.20 Å². The van der Waals surface area contributed by atoms with Crippen LogP contribution in [0.15, 0.2) is 18.3 Å². The molecule has 1 fully saturated rings. The monoisotopic (exact) mass is 233 g/mol. The molecule has 1 aliphatic rings. The highest BCUT2D eigenvalue weighted by Crippen LogP contribution is 2.20. The summed E-state index contributed by atoms with van der Waals surface area (Å²) in [5, 5.41) is 3.54. The van der Waals surface area contributed by atoms with Crippen LogP contribution in [0.3, 0.4) is 0 Å². The van der Waals surface area contributed by atoms with E-state index in [-0.39, 0.29) is 0 Å². The predicted molar refractivity (Wildman–Crippen MR) is 72.3 cm³/mol. The normalized spacial score (nSPS) is 15.3. The third-order valence-corrected chi connectivity index (χ3v) is 3.24. The fourth-order valence-electron chi connectivity index (χ4n) is 2.07. The molecule has 0 amide bonds.